The lowest BCUT2D eigenvalue weighted by Gasteiger charge is -2.03. The fourth-order valence-electron chi connectivity index (χ4n) is 1.000. The van der Waals surface area contributed by atoms with Gasteiger partial charge in [0.25, 0.3) is 0 Å². The zero-order chi connectivity index (χ0) is 9.78. The summed E-state index contributed by atoms with van der Waals surface area (Å²) in [4.78, 5) is 0. The summed E-state index contributed by atoms with van der Waals surface area (Å²) >= 11 is 2.05. The number of hydrogen-bond donors (Lipinski definition) is 1. The summed E-state index contributed by atoms with van der Waals surface area (Å²) in [6.45, 7) is 5.16. The SMILES string of the molecule is CCCCCSCCNCCOC. The minimum Gasteiger partial charge on any atom is -0.383 e. The molecule has 0 aliphatic heterocycles. The van der Waals surface area contributed by atoms with Gasteiger partial charge in [0.15, 0.2) is 0 Å². The Balaban J connectivity index is 2.76. The minimum atomic E-state index is 0.820. The predicted molar refractivity (Wildman–Crippen MR) is 61.6 cm³/mol. The van der Waals surface area contributed by atoms with Crippen molar-refractivity contribution < 1.29 is 4.74 Å². The van der Waals surface area contributed by atoms with Crippen LogP contribution in [0.4, 0.5) is 0 Å². The third kappa shape index (κ3) is 12.3. The van der Waals surface area contributed by atoms with Crippen molar-refractivity contribution in [2.24, 2.45) is 0 Å². The van der Waals surface area contributed by atoms with Crippen molar-refractivity contribution in [3.63, 3.8) is 0 Å². The first kappa shape index (κ1) is 13.3. The maximum Gasteiger partial charge on any atom is 0.0587 e. The van der Waals surface area contributed by atoms with Gasteiger partial charge in [0.05, 0.1) is 6.61 Å². The van der Waals surface area contributed by atoms with Crippen LogP contribution in [-0.2, 0) is 4.74 Å². The first-order chi connectivity index (χ1) is 6.41. The Morgan fingerprint density at radius 3 is 2.69 bits per heavy atom. The third-order valence-electron chi connectivity index (χ3n) is 1.80. The van der Waals surface area contributed by atoms with Gasteiger partial charge in [-0.3, -0.25) is 0 Å². The summed E-state index contributed by atoms with van der Waals surface area (Å²) < 4.78 is 4.93. The molecule has 0 bridgehead atoms. The fourth-order valence-corrected chi connectivity index (χ4v) is 1.90. The maximum atomic E-state index is 4.93. The molecule has 0 fully saturated rings. The van der Waals surface area contributed by atoms with Gasteiger partial charge >= 0.3 is 0 Å². The van der Waals surface area contributed by atoms with Gasteiger partial charge < -0.3 is 10.1 Å². The summed E-state index contributed by atoms with van der Waals surface area (Å²) in [5.41, 5.74) is 0. The standard InChI is InChI=1S/C10H23NOS/c1-3-4-5-9-13-10-7-11-6-8-12-2/h11H,3-10H2,1-2H3. The summed E-state index contributed by atoms with van der Waals surface area (Å²) in [7, 11) is 1.74. The second-order valence-electron chi connectivity index (χ2n) is 3.06. The highest BCUT2D eigenvalue weighted by atomic mass is 32.2. The van der Waals surface area contributed by atoms with Crippen LogP contribution in [0.3, 0.4) is 0 Å². The largest absolute Gasteiger partial charge is 0.383 e. The molecule has 13 heavy (non-hydrogen) atoms. The van der Waals surface area contributed by atoms with Crippen LogP contribution >= 0.6 is 11.8 Å². The monoisotopic (exact) mass is 205 g/mol. The molecule has 0 unspecified atom stereocenters. The summed E-state index contributed by atoms with van der Waals surface area (Å²) in [6, 6.07) is 0. The maximum absolute atomic E-state index is 4.93. The molecule has 0 rings (SSSR count). The molecule has 0 spiro atoms. The van der Waals surface area contributed by atoms with E-state index in [2.05, 4.69) is 12.2 Å². The highest BCUT2D eigenvalue weighted by molar-refractivity contribution is 7.99. The number of thioether (sulfide) groups is 1. The zero-order valence-electron chi connectivity index (χ0n) is 8.97. The van der Waals surface area contributed by atoms with Crippen molar-refractivity contribution in [2.45, 2.75) is 26.2 Å². The smallest absolute Gasteiger partial charge is 0.0587 e. The van der Waals surface area contributed by atoms with Crippen LogP contribution < -0.4 is 5.32 Å². The molecule has 0 radical (unpaired) electrons. The average molecular weight is 205 g/mol. The zero-order valence-corrected chi connectivity index (χ0v) is 9.79. The molecule has 0 aliphatic carbocycles. The highest BCUT2D eigenvalue weighted by Gasteiger charge is 1.89. The lowest BCUT2D eigenvalue weighted by molar-refractivity contribution is 0.200. The lowest BCUT2D eigenvalue weighted by atomic mass is 10.3. The molecular formula is C10H23NOS. The molecular weight excluding hydrogens is 182 g/mol. The molecule has 0 atom stereocenters. The molecule has 80 valence electrons. The van der Waals surface area contributed by atoms with E-state index in [0.717, 1.165) is 19.7 Å². The van der Waals surface area contributed by atoms with E-state index < -0.39 is 0 Å². The Kier molecular flexibility index (Phi) is 12.5. The Morgan fingerprint density at radius 1 is 1.15 bits per heavy atom. The number of methoxy groups -OCH3 is 1. The van der Waals surface area contributed by atoms with Crippen LogP contribution in [0.1, 0.15) is 26.2 Å². The van der Waals surface area contributed by atoms with Crippen LogP contribution in [0.2, 0.25) is 0 Å². The predicted octanol–water partition coefficient (Wildman–Crippen LogP) is 2.15. The molecule has 2 nitrogen and oxygen atoms in total. The molecule has 0 aromatic carbocycles. The normalized spacial score (nSPS) is 10.6. The van der Waals surface area contributed by atoms with Crippen molar-refractivity contribution in [2.75, 3.05) is 38.3 Å². The highest BCUT2D eigenvalue weighted by Crippen LogP contribution is 2.04. The van der Waals surface area contributed by atoms with E-state index in [1.54, 1.807) is 7.11 Å². The first-order valence-corrected chi connectivity index (χ1v) is 6.34. The van der Waals surface area contributed by atoms with Gasteiger partial charge in [0, 0.05) is 26.0 Å². The molecule has 3 heteroatoms. The van der Waals surface area contributed by atoms with Gasteiger partial charge in [-0.2, -0.15) is 11.8 Å². The van der Waals surface area contributed by atoms with E-state index in [1.165, 1.54) is 30.8 Å². The van der Waals surface area contributed by atoms with E-state index in [9.17, 15) is 0 Å². The third-order valence-corrected chi connectivity index (χ3v) is 2.87. The number of rotatable bonds is 10. The van der Waals surface area contributed by atoms with Gasteiger partial charge in [-0.1, -0.05) is 19.8 Å². The van der Waals surface area contributed by atoms with Gasteiger partial charge in [-0.25, -0.2) is 0 Å². The summed E-state index contributed by atoms with van der Waals surface area (Å²) in [6.07, 6.45) is 4.08. The van der Waals surface area contributed by atoms with Crippen molar-refractivity contribution in [1.29, 1.82) is 0 Å². The molecule has 0 saturated carbocycles. The first-order valence-electron chi connectivity index (χ1n) is 5.19. The van der Waals surface area contributed by atoms with E-state index in [-0.39, 0.29) is 0 Å². The molecule has 0 saturated heterocycles. The van der Waals surface area contributed by atoms with Gasteiger partial charge in [-0.05, 0) is 12.2 Å². The second-order valence-corrected chi connectivity index (χ2v) is 4.29. The van der Waals surface area contributed by atoms with Crippen molar-refractivity contribution >= 4 is 11.8 Å². The molecule has 0 aliphatic rings. The Morgan fingerprint density at radius 2 is 2.00 bits per heavy atom. The van der Waals surface area contributed by atoms with Crippen molar-refractivity contribution in [3.05, 3.63) is 0 Å². The van der Waals surface area contributed by atoms with Gasteiger partial charge in [-0.15, -0.1) is 0 Å². The quantitative estimate of drug-likeness (QED) is 0.552. The molecule has 0 heterocycles. The molecule has 0 aromatic rings. The topological polar surface area (TPSA) is 21.3 Å². The van der Waals surface area contributed by atoms with Crippen LogP contribution in [0.5, 0.6) is 0 Å². The summed E-state index contributed by atoms with van der Waals surface area (Å²) in [5.74, 6) is 2.55. The second kappa shape index (κ2) is 12.3. The Bertz CT molecular complexity index is 81.0. The number of hydrogen-bond acceptors (Lipinski definition) is 3. The molecule has 1 N–H and O–H groups in total. The van der Waals surface area contributed by atoms with Crippen LogP contribution in [0.15, 0.2) is 0 Å². The Labute approximate surface area is 86.8 Å². The van der Waals surface area contributed by atoms with E-state index in [4.69, 9.17) is 4.74 Å². The molecule has 0 aromatic heterocycles. The average Bonchev–Trinajstić information content (AvgIpc) is 2.16. The van der Waals surface area contributed by atoms with Gasteiger partial charge in [0.2, 0.25) is 0 Å². The van der Waals surface area contributed by atoms with Crippen LogP contribution in [-0.4, -0.2) is 38.3 Å². The van der Waals surface area contributed by atoms with E-state index >= 15 is 0 Å². The van der Waals surface area contributed by atoms with Gasteiger partial charge in [0.1, 0.15) is 0 Å². The van der Waals surface area contributed by atoms with Crippen molar-refractivity contribution in [3.8, 4) is 0 Å². The van der Waals surface area contributed by atoms with E-state index in [0.29, 0.717) is 0 Å². The Hall–Kier alpha value is 0.270. The van der Waals surface area contributed by atoms with E-state index in [1.807, 2.05) is 11.8 Å². The molecule has 0 amide bonds. The van der Waals surface area contributed by atoms with Crippen molar-refractivity contribution in [1.82, 2.24) is 5.32 Å². The van der Waals surface area contributed by atoms with Crippen LogP contribution in [0, 0.1) is 0 Å². The number of nitrogens with one attached hydrogen (secondary N) is 1. The minimum absolute atomic E-state index is 0.820. The summed E-state index contributed by atoms with van der Waals surface area (Å²) in [5, 5.41) is 3.33. The fraction of sp³-hybridized carbons (Fsp3) is 1.00. The van der Waals surface area contributed by atoms with Crippen LogP contribution in [0.25, 0.3) is 0 Å². The lowest BCUT2D eigenvalue weighted by Crippen LogP contribution is -2.21. The number of unbranched alkanes of at least 4 members (excludes halogenated alkanes) is 2. The number of ether oxygens (including phenoxy) is 1.